The van der Waals surface area contributed by atoms with Gasteiger partial charge in [0.25, 0.3) is 0 Å². The van der Waals surface area contributed by atoms with E-state index in [0.29, 0.717) is 13.1 Å². The van der Waals surface area contributed by atoms with Crippen molar-refractivity contribution in [3.05, 3.63) is 0 Å². The minimum absolute atomic E-state index is 0. The average molecular weight is 189 g/mol. The van der Waals surface area contributed by atoms with Gasteiger partial charge in [-0.25, -0.2) is 0 Å². The Labute approximate surface area is 57.5 Å². The molecule has 0 radical (unpaired) electrons. The molecule has 0 aromatic carbocycles. The second kappa shape index (κ2) is 17.0. The molecule has 3 nitrogen and oxygen atoms in total. The standard InChI is InChI=1S/C2H8N2.Cd.O/c3-1-2-4;;/h1-4H2;;/q;+2;-2. The zero-order valence-electron chi connectivity index (χ0n) is 3.68. The van der Waals surface area contributed by atoms with E-state index in [1.54, 1.807) is 0 Å². The Bertz CT molecular complexity index is 13.5. The summed E-state index contributed by atoms with van der Waals surface area (Å²) in [5, 5.41) is 0. The van der Waals surface area contributed by atoms with Crippen molar-refractivity contribution in [3.63, 3.8) is 0 Å². The molecular weight excluding hydrogens is 180 g/mol. The average Bonchev–Trinajstić information content (AvgIpc) is 1.37. The van der Waals surface area contributed by atoms with Gasteiger partial charge in [-0.1, -0.05) is 0 Å². The van der Waals surface area contributed by atoms with E-state index in [9.17, 15) is 0 Å². The normalized spacial score (nSPS) is 5.00. The van der Waals surface area contributed by atoms with Crippen LogP contribution in [0.1, 0.15) is 0 Å². The number of hydrogen-bond donors (Lipinski definition) is 2. The molecule has 4 N–H and O–H groups in total. The fraction of sp³-hybridized carbons (Fsp3) is 1.00. The zero-order valence-corrected chi connectivity index (χ0v) is 7.72. The van der Waals surface area contributed by atoms with Crippen LogP contribution >= 0.6 is 0 Å². The minimum atomic E-state index is 0. The van der Waals surface area contributed by atoms with E-state index in [4.69, 9.17) is 11.5 Å². The fourth-order valence-corrected chi connectivity index (χ4v) is 0. The summed E-state index contributed by atoms with van der Waals surface area (Å²) < 4.78 is 0. The SMILES string of the molecule is NCCN.[Cd+2].[O-2]. The Morgan fingerprint density at radius 1 is 1.00 bits per heavy atom. The van der Waals surface area contributed by atoms with E-state index in [0.717, 1.165) is 0 Å². The van der Waals surface area contributed by atoms with Crippen LogP contribution in [0, 0.1) is 0 Å². The summed E-state index contributed by atoms with van der Waals surface area (Å²) in [5.74, 6) is 0. The summed E-state index contributed by atoms with van der Waals surface area (Å²) in [5.41, 5.74) is 9.81. The zero-order chi connectivity index (χ0) is 3.41. The molecule has 0 aliphatic heterocycles. The van der Waals surface area contributed by atoms with Crippen molar-refractivity contribution in [2.24, 2.45) is 11.5 Å². The van der Waals surface area contributed by atoms with Crippen LogP contribution in [-0.4, -0.2) is 13.1 Å². The monoisotopic (exact) mass is 190 g/mol. The second-order valence-corrected chi connectivity index (χ2v) is 0.577. The molecule has 0 amide bonds. The summed E-state index contributed by atoms with van der Waals surface area (Å²) >= 11 is 0. The summed E-state index contributed by atoms with van der Waals surface area (Å²) in [6.45, 7) is 1.19. The summed E-state index contributed by atoms with van der Waals surface area (Å²) in [6, 6.07) is 0. The maximum Gasteiger partial charge on any atom is 2.00 e. The van der Waals surface area contributed by atoms with Crippen LogP contribution in [-0.2, 0) is 32.8 Å². The summed E-state index contributed by atoms with van der Waals surface area (Å²) in [6.07, 6.45) is 0. The predicted octanol–water partition coefficient (Wildman–Crippen LogP) is -1.22. The van der Waals surface area contributed by atoms with Crippen molar-refractivity contribution in [2.45, 2.75) is 0 Å². The Kier molecular flexibility index (Phi) is 45.0. The maximum absolute atomic E-state index is 4.90. The van der Waals surface area contributed by atoms with Crippen LogP contribution < -0.4 is 11.5 Å². The molecule has 0 bridgehead atoms. The van der Waals surface area contributed by atoms with Crippen LogP contribution in [0.3, 0.4) is 0 Å². The first-order valence-electron chi connectivity index (χ1n) is 1.32. The third kappa shape index (κ3) is 21.4. The van der Waals surface area contributed by atoms with Crippen molar-refractivity contribution in [1.82, 2.24) is 0 Å². The molecule has 0 rings (SSSR count). The van der Waals surface area contributed by atoms with Crippen LogP contribution in [0.25, 0.3) is 0 Å². The van der Waals surface area contributed by atoms with E-state index in [-0.39, 0.29) is 32.8 Å². The molecule has 0 heterocycles. The van der Waals surface area contributed by atoms with Crippen molar-refractivity contribution >= 4 is 0 Å². The van der Waals surface area contributed by atoms with Gasteiger partial charge >= 0.3 is 27.3 Å². The minimum Gasteiger partial charge on any atom is -2.00 e. The number of rotatable bonds is 1. The molecule has 0 aromatic rings. The molecule has 6 heavy (non-hydrogen) atoms. The Hall–Kier alpha value is 0.802. The quantitative estimate of drug-likeness (QED) is 0.506. The first-order valence-corrected chi connectivity index (χ1v) is 1.32. The van der Waals surface area contributed by atoms with Crippen molar-refractivity contribution in [3.8, 4) is 0 Å². The van der Waals surface area contributed by atoms with Crippen LogP contribution in [0.5, 0.6) is 0 Å². The third-order valence-electron chi connectivity index (χ3n) is 0.167. The van der Waals surface area contributed by atoms with Crippen molar-refractivity contribution in [1.29, 1.82) is 0 Å². The van der Waals surface area contributed by atoms with E-state index in [1.807, 2.05) is 0 Å². The van der Waals surface area contributed by atoms with Gasteiger partial charge in [0.2, 0.25) is 0 Å². The molecule has 0 fully saturated rings. The molecule has 0 aliphatic carbocycles. The predicted molar refractivity (Wildman–Crippen MR) is 18.8 cm³/mol. The van der Waals surface area contributed by atoms with E-state index in [1.165, 1.54) is 0 Å². The molecule has 0 atom stereocenters. The smallest absolute Gasteiger partial charge is 2.00 e. The van der Waals surface area contributed by atoms with Gasteiger partial charge < -0.3 is 16.9 Å². The van der Waals surface area contributed by atoms with Gasteiger partial charge in [0.1, 0.15) is 0 Å². The largest absolute Gasteiger partial charge is 2.00 e. The van der Waals surface area contributed by atoms with Crippen molar-refractivity contribution < 1.29 is 32.8 Å². The molecule has 0 unspecified atom stereocenters. The van der Waals surface area contributed by atoms with Gasteiger partial charge in [0, 0.05) is 13.1 Å². The van der Waals surface area contributed by atoms with Crippen molar-refractivity contribution in [2.75, 3.05) is 13.1 Å². The molecular formula is C2H8CdN2O. The van der Waals surface area contributed by atoms with Gasteiger partial charge in [0.15, 0.2) is 0 Å². The van der Waals surface area contributed by atoms with Crippen LogP contribution in [0.4, 0.5) is 0 Å². The Morgan fingerprint density at radius 2 is 1.17 bits per heavy atom. The first kappa shape index (κ1) is 15.8. The molecule has 0 saturated heterocycles. The topological polar surface area (TPSA) is 80.5 Å². The maximum atomic E-state index is 4.90. The molecule has 0 spiro atoms. The molecule has 0 saturated carbocycles. The van der Waals surface area contributed by atoms with E-state index < -0.39 is 0 Å². The summed E-state index contributed by atoms with van der Waals surface area (Å²) in [7, 11) is 0. The molecule has 34 valence electrons. The van der Waals surface area contributed by atoms with Gasteiger partial charge in [-0.15, -0.1) is 0 Å². The number of hydrogen-bond acceptors (Lipinski definition) is 2. The molecule has 0 aromatic heterocycles. The third-order valence-corrected chi connectivity index (χ3v) is 0.167. The van der Waals surface area contributed by atoms with Gasteiger partial charge in [0.05, 0.1) is 0 Å². The Balaban J connectivity index is -0.0000000450. The fourth-order valence-electron chi connectivity index (χ4n) is 0. The number of nitrogens with two attached hydrogens (primary N) is 2. The van der Waals surface area contributed by atoms with Gasteiger partial charge in [-0.2, -0.15) is 0 Å². The summed E-state index contributed by atoms with van der Waals surface area (Å²) in [4.78, 5) is 0. The molecule has 4 heteroatoms. The Morgan fingerprint density at radius 3 is 1.17 bits per heavy atom. The van der Waals surface area contributed by atoms with Gasteiger partial charge in [-0.3, -0.25) is 0 Å². The van der Waals surface area contributed by atoms with E-state index in [2.05, 4.69) is 0 Å². The second-order valence-electron chi connectivity index (χ2n) is 0.577. The van der Waals surface area contributed by atoms with Crippen LogP contribution in [0.15, 0.2) is 0 Å². The van der Waals surface area contributed by atoms with Gasteiger partial charge in [-0.05, 0) is 0 Å². The van der Waals surface area contributed by atoms with Crippen LogP contribution in [0.2, 0.25) is 0 Å². The van der Waals surface area contributed by atoms with E-state index >= 15 is 0 Å². The molecule has 0 aliphatic rings. The first-order chi connectivity index (χ1) is 1.91.